The number of halogens is 1. The molecular formula is C17H14FN3O3. The van der Waals surface area contributed by atoms with E-state index in [0.29, 0.717) is 12.0 Å². The van der Waals surface area contributed by atoms with Crippen LogP contribution in [0.25, 0.3) is 10.8 Å². The van der Waals surface area contributed by atoms with E-state index in [-0.39, 0.29) is 34.6 Å². The van der Waals surface area contributed by atoms with Crippen LogP contribution in [0.1, 0.15) is 12.0 Å². The van der Waals surface area contributed by atoms with Crippen LogP contribution >= 0.6 is 0 Å². The van der Waals surface area contributed by atoms with Crippen molar-refractivity contribution in [3.05, 3.63) is 74.6 Å². The Hall–Kier alpha value is -3.22. The van der Waals surface area contributed by atoms with Gasteiger partial charge in [-0.05, 0) is 36.2 Å². The summed E-state index contributed by atoms with van der Waals surface area (Å²) >= 11 is 0. The van der Waals surface area contributed by atoms with Gasteiger partial charge in [-0.3, -0.25) is 24.6 Å². The van der Waals surface area contributed by atoms with Gasteiger partial charge in [-0.2, -0.15) is 0 Å². The Morgan fingerprint density at radius 2 is 1.79 bits per heavy atom. The molecule has 0 aliphatic heterocycles. The zero-order valence-corrected chi connectivity index (χ0v) is 12.6. The zero-order chi connectivity index (χ0) is 17.1. The third kappa shape index (κ3) is 3.24. The molecule has 24 heavy (non-hydrogen) atoms. The van der Waals surface area contributed by atoms with Crippen molar-refractivity contribution in [3.63, 3.8) is 0 Å². The lowest BCUT2D eigenvalue weighted by Crippen LogP contribution is -2.21. The average Bonchev–Trinajstić information content (AvgIpc) is 2.57. The number of nitrogens with one attached hydrogen (secondary N) is 3. The van der Waals surface area contributed by atoms with E-state index in [1.54, 1.807) is 24.3 Å². The highest BCUT2D eigenvalue weighted by Crippen LogP contribution is 2.17. The molecule has 122 valence electrons. The van der Waals surface area contributed by atoms with Crippen molar-refractivity contribution in [2.75, 3.05) is 5.32 Å². The zero-order valence-electron chi connectivity index (χ0n) is 12.6. The van der Waals surface area contributed by atoms with E-state index < -0.39 is 11.1 Å². The number of carbonyl (C=O) groups is 1. The number of fused-ring (bicyclic) bond motifs is 1. The Kier molecular flexibility index (Phi) is 4.24. The molecule has 2 aromatic carbocycles. The second-order valence-corrected chi connectivity index (χ2v) is 5.31. The number of aromatic amines is 2. The minimum atomic E-state index is -0.495. The van der Waals surface area contributed by atoms with Crippen molar-refractivity contribution < 1.29 is 9.18 Å². The summed E-state index contributed by atoms with van der Waals surface area (Å²) in [5, 5.41) is 7.42. The summed E-state index contributed by atoms with van der Waals surface area (Å²) in [6.07, 6.45) is 0.492. The number of hydrogen-bond acceptors (Lipinski definition) is 3. The number of benzene rings is 2. The first-order chi connectivity index (χ1) is 11.5. The van der Waals surface area contributed by atoms with Gasteiger partial charge in [0.2, 0.25) is 5.91 Å². The van der Waals surface area contributed by atoms with E-state index in [1.807, 2.05) is 0 Å². The first-order valence-corrected chi connectivity index (χ1v) is 7.32. The molecular weight excluding hydrogens is 313 g/mol. The second kappa shape index (κ2) is 6.49. The maximum absolute atomic E-state index is 13.1. The maximum atomic E-state index is 13.1. The van der Waals surface area contributed by atoms with Crippen LogP contribution in [-0.4, -0.2) is 16.1 Å². The van der Waals surface area contributed by atoms with Gasteiger partial charge in [0.05, 0.1) is 16.5 Å². The Balaban J connectivity index is 1.80. The molecule has 3 N–H and O–H groups in total. The van der Waals surface area contributed by atoms with E-state index >= 15 is 0 Å². The molecule has 0 spiro atoms. The van der Waals surface area contributed by atoms with Gasteiger partial charge in [-0.15, -0.1) is 0 Å². The maximum Gasteiger partial charge on any atom is 0.272 e. The fourth-order valence-corrected chi connectivity index (χ4v) is 2.50. The molecule has 0 aliphatic rings. The van der Waals surface area contributed by atoms with Crippen molar-refractivity contribution in [1.82, 2.24) is 10.2 Å². The van der Waals surface area contributed by atoms with E-state index in [4.69, 9.17) is 0 Å². The van der Waals surface area contributed by atoms with Gasteiger partial charge in [0, 0.05) is 6.42 Å². The summed E-state index contributed by atoms with van der Waals surface area (Å²) in [7, 11) is 0. The third-order valence-corrected chi connectivity index (χ3v) is 3.63. The molecule has 0 aliphatic carbocycles. The van der Waals surface area contributed by atoms with Crippen LogP contribution in [0.5, 0.6) is 0 Å². The normalized spacial score (nSPS) is 10.7. The molecule has 0 saturated heterocycles. The smallest absolute Gasteiger partial charge is 0.272 e. The molecule has 1 heterocycles. The molecule has 0 radical (unpaired) electrons. The highest BCUT2D eigenvalue weighted by atomic mass is 19.1. The number of carbonyl (C=O) groups excluding carboxylic acids is 1. The van der Waals surface area contributed by atoms with Gasteiger partial charge in [0.15, 0.2) is 0 Å². The van der Waals surface area contributed by atoms with E-state index in [9.17, 15) is 18.8 Å². The van der Waals surface area contributed by atoms with Gasteiger partial charge in [-0.25, -0.2) is 4.39 Å². The average molecular weight is 327 g/mol. The third-order valence-electron chi connectivity index (χ3n) is 3.63. The number of amides is 1. The Labute approximate surface area is 135 Å². The Morgan fingerprint density at radius 3 is 2.58 bits per heavy atom. The molecule has 0 unspecified atom stereocenters. The predicted octanol–water partition coefficient (Wildman–Crippen LogP) is 1.93. The van der Waals surface area contributed by atoms with Gasteiger partial charge in [0.25, 0.3) is 11.1 Å². The minimum absolute atomic E-state index is 0.125. The quantitative estimate of drug-likeness (QED) is 0.683. The summed E-state index contributed by atoms with van der Waals surface area (Å²) in [6.45, 7) is 0. The fourth-order valence-electron chi connectivity index (χ4n) is 2.50. The standard InChI is InChI=1S/C17H14FN3O3/c18-11-4-1-3-10(9-11)7-8-14(22)19-13-6-2-5-12-15(13)17(24)21-20-16(12)23/h1-6,9H,7-8H2,(H,19,22)(H,20,23)(H,21,24). The number of hydrogen-bond donors (Lipinski definition) is 3. The first kappa shape index (κ1) is 15.7. The van der Waals surface area contributed by atoms with Crippen LogP contribution in [-0.2, 0) is 11.2 Å². The second-order valence-electron chi connectivity index (χ2n) is 5.31. The highest BCUT2D eigenvalue weighted by Gasteiger charge is 2.11. The van der Waals surface area contributed by atoms with Gasteiger partial charge < -0.3 is 5.32 Å². The van der Waals surface area contributed by atoms with Crippen LogP contribution in [0.3, 0.4) is 0 Å². The number of anilines is 1. The molecule has 0 fully saturated rings. The van der Waals surface area contributed by atoms with Crippen LogP contribution in [0, 0.1) is 5.82 Å². The van der Waals surface area contributed by atoms with E-state index in [0.717, 1.165) is 0 Å². The molecule has 0 atom stereocenters. The number of rotatable bonds is 4. The molecule has 1 amide bonds. The largest absolute Gasteiger partial charge is 0.325 e. The predicted molar refractivity (Wildman–Crippen MR) is 88.5 cm³/mol. The van der Waals surface area contributed by atoms with Crippen molar-refractivity contribution in [3.8, 4) is 0 Å². The van der Waals surface area contributed by atoms with E-state index in [2.05, 4.69) is 15.5 Å². The Morgan fingerprint density at radius 1 is 1.04 bits per heavy atom. The van der Waals surface area contributed by atoms with Gasteiger partial charge in [0.1, 0.15) is 5.82 Å². The molecule has 7 heteroatoms. The van der Waals surface area contributed by atoms with Gasteiger partial charge >= 0.3 is 0 Å². The van der Waals surface area contributed by atoms with E-state index in [1.165, 1.54) is 18.2 Å². The van der Waals surface area contributed by atoms with Crippen molar-refractivity contribution >= 4 is 22.4 Å². The molecule has 3 rings (SSSR count). The SMILES string of the molecule is O=C(CCc1cccc(F)c1)Nc1cccc2c(=O)[nH][nH]c(=O)c12. The first-order valence-electron chi connectivity index (χ1n) is 7.32. The van der Waals surface area contributed by atoms with Crippen LogP contribution in [0.15, 0.2) is 52.1 Å². The molecule has 3 aromatic rings. The van der Waals surface area contributed by atoms with Gasteiger partial charge in [-0.1, -0.05) is 18.2 Å². The number of aromatic nitrogens is 2. The van der Waals surface area contributed by atoms with Crippen molar-refractivity contribution in [2.24, 2.45) is 0 Å². The lowest BCUT2D eigenvalue weighted by molar-refractivity contribution is -0.116. The lowest BCUT2D eigenvalue weighted by atomic mass is 10.1. The molecule has 6 nitrogen and oxygen atoms in total. The fraction of sp³-hybridized carbons (Fsp3) is 0.118. The summed E-state index contributed by atoms with van der Waals surface area (Å²) < 4.78 is 13.1. The summed E-state index contributed by atoms with van der Waals surface area (Å²) in [4.78, 5) is 35.8. The summed E-state index contributed by atoms with van der Waals surface area (Å²) in [6, 6.07) is 10.7. The summed E-state index contributed by atoms with van der Waals surface area (Å²) in [5.74, 6) is -0.681. The number of H-pyrrole nitrogens is 2. The minimum Gasteiger partial charge on any atom is -0.325 e. The number of aryl methyl sites for hydroxylation is 1. The summed E-state index contributed by atoms with van der Waals surface area (Å²) in [5.41, 5.74) is 0.0348. The van der Waals surface area contributed by atoms with Crippen molar-refractivity contribution in [2.45, 2.75) is 12.8 Å². The molecule has 1 aromatic heterocycles. The monoisotopic (exact) mass is 327 g/mol. The highest BCUT2D eigenvalue weighted by molar-refractivity contribution is 6.01. The Bertz CT molecular complexity index is 1020. The van der Waals surface area contributed by atoms with Crippen LogP contribution in [0.4, 0.5) is 10.1 Å². The van der Waals surface area contributed by atoms with Crippen LogP contribution in [0.2, 0.25) is 0 Å². The van der Waals surface area contributed by atoms with Crippen LogP contribution < -0.4 is 16.4 Å². The van der Waals surface area contributed by atoms with Crippen molar-refractivity contribution in [1.29, 1.82) is 0 Å². The molecule has 0 bridgehead atoms. The topological polar surface area (TPSA) is 94.8 Å². The molecule has 0 saturated carbocycles. The lowest BCUT2D eigenvalue weighted by Gasteiger charge is -2.08.